The van der Waals surface area contributed by atoms with Gasteiger partial charge in [0.1, 0.15) is 11.3 Å². The molecule has 0 unspecified atom stereocenters. The Morgan fingerprint density at radius 3 is 2.83 bits per heavy atom. The molecule has 0 aliphatic carbocycles. The zero-order chi connectivity index (χ0) is 13.1. The largest absolute Gasteiger partial charge is 0.464 e. The molecular formula is C14H17NO3. The molecule has 2 aromatic rings. The van der Waals surface area contributed by atoms with Crippen LogP contribution in [0.2, 0.25) is 0 Å². The number of carbonyl (C=O) groups excluding carboxylic acids is 1. The third kappa shape index (κ3) is 2.71. The molecule has 1 aromatic heterocycles. The molecule has 0 spiro atoms. The highest BCUT2D eigenvalue weighted by Crippen LogP contribution is 2.31. The second-order valence-corrected chi connectivity index (χ2v) is 4.54. The maximum atomic E-state index is 11.1. The third-order valence-corrected chi connectivity index (χ3v) is 2.72. The number of fused-ring (bicyclic) bond motifs is 1. The van der Waals surface area contributed by atoms with Gasteiger partial charge in [0.05, 0.1) is 11.6 Å². The van der Waals surface area contributed by atoms with Crippen molar-refractivity contribution in [3.8, 4) is 5.75 Å². The third-order valence-electron chi connectivity index (χ3n) is 2.72. The van der Waals surface area contributed by atoms with Crippen molar-refractivity contribution in [3.05, 3.63) is 30.0 Å². The number of ether oxygens (including phenoxy) is 1. The Bertz CT molecular complexity index is 557. The van der Waals surface area contributed by atoms with Gasteiger partial charge in [0, 0.05) is 19.0 Å². The van der Waals surface area contributed by atoms with Crippen molar-refractivity contribution in [1.29, 1.82) is 0 Å². The van der Waals surface area contributed by atoms with Gasteiger partial charge in [0.15, 0.2) is 0 Å². The van der Waals surface area contributed by atoms with Crippen LogP contribution in [0.4, 0.5) is 0 Å². The molecule has 1 heterocycles. The van der Waals surface area contributed by atoms with Crippen molar-refractivity contribution in [2.24, 2.45) is 0 Å². The molecule has 96 valence electrons. The summed E-state index contributed by atoms with van der Waals surface area (Å²) in [5.41, 5.74) is 1.82. The molecule has 0 saturated heterocycles. The molecule has 4 heteroatoms. The van der Waals surface area contributed by atoms with Crippen LogP contribution in [0, 0.1) is 0 Å². The van der Waals surface area contributed by atoms with E-state index in [-0.39, 0.29) is 5.97 Å². The van der Waals surface area contributed by atoms with E-state index in [0.717, 1.165) is 29.5 Å². The summed E-state index contributed by atoms with van der Waals surface area (Å²) in [4.78, 5) is 13.2. The Hall–Kier alpha value is -1.81. The van der Waals surface area contributed by atoms with Crippen LogP contribution < -0.4 is 4.74 Å². The van der Waals surface area contributed by atoms with Gasteiger partial charge in [-0.1, -0.05) is 6.07 Å². The predicted octanol–water partition coefficient (Wildman–Crippen LogP) is 2.46. The van der Waals surface area contributed by atoms with E-state index in [1.807, 2.05) is 26.2 Å². The molecule has 0 amide bonds. The summed E-state index contributed by atoms with van der Waals surface area (Å²) in [6.07, 6.45) is 2.60. The number of esters is 1. The quantitative estimate of drug-likeness (QED) is 0.615. The number of likely N-dealkylation sites (N-methyl/N-ethyl adjacent to an activating group) is 1. The highest BCUT2D eigenvalue weighted by molar-refractivity contribution is 5.89. The fourth-order valence-corrected chi connectivity index (χ4v) is 1.89. The van der Waals surface area contributed by atoms with Gasteiger partial charge >= 0.3 is 5.97 Å². The van der Waals surface area contributed by atoms with Crippen molar-refractivity contribution >= 4 is 16.9 Å². The number of nitrogens with zero attached hydrogens (tertiary/aromatic N) is 1. The Balaban J connectivity index is 2.38. The Kier molecular flexibility index (Phi) is 3.67. The molecule has 4 nitrogen and oxygen atoms in total. The van der Waals surface area contributed by atoms with Crippen molar-refractivity contribution in [2.45, 2.75) is 13.3 Å². The van der Waals surface area contributed by atoms with Crippen molar-refractivity contribution in [3.63, 3.8) is 0 Å². The minimum Gasteiger partial charge on any atom is -0.464 e. The average molecular weight is 247 g/mol. The first-order chi connectivity index (χ1) is 8.58. The van der Waals surface area contributed by atoms with Crippen LogP contribution in [-0.4, -0.2) is 31.5 Å². The van der Waals surface area contributed by atoms with Crippen LogP contribution in [0.3, 0.4) is 0 Å². The van der Waals surface area contributed by atoms with E-state index in [0.29, 0.717) is 5.75 Å². The molecule has 1 aromatic carbocycles. The van der Waals surface area contributed by atoms with Crippen LogP contribution in [0.1, 0.15) is 12.5 Å². The number of rotatable bonds is 4. The first-order valence-corrected chi connectivity index (χ1v) is 5.90. The normalized spacial score (nSPS) is 11.1. The summed E-state index contributed by atoms with van der Waals surface area (Å²) in [7, 11) is 4.05. The van der Waals surface area contributed by atoms with Gasteiger partial charge in [0.25, 0.3) is 0 Å². The van der Waals surface area contributed by atoms with E-state index in [2.05, 4.69) is 4.90 Å². The minimum absolute atomic E-state index is 0.317. The highest BCUT2D eigenvalue weighted by Gasteiger charge is 2.12. The van der Waals surface area contributed by atoms with Gasteiger partial charge in [-0.25, -0.2) is 0 Å². The lowest BCUT2D eigenvalue weighted by molar-refractivity contribution is -0.131. The van der Waals surface area contributed by atoms with Crippen LogP contribution in [0.15, 0.2) is 28.9 Å². The smallest absolute Gasteiger partial charge is 0.308 e. The first-order valence-electron chi connectivity index (χ1n) is 5.90. The topological polar surface area (TPSA) is 42.7 Å². The Morgan fingerprint density at radius 2 is 2.17 bits per heavy atom. The molecule has 0 aliphatic rings. The van der Waals surface area contributed by atoms with Crippen molar-refractivity contribution in [1.82, 2.24) is 4.90 Å². The summed E-state index contributed by atoms with van der Waals surface area (Å²) in [5, 5.41) is 0.898. The van der Waals surface area contributed by atoms with Crippen LogP contribution in [-0.2, 0) is 11.2 Å². The SMILES string of the molecule is CC(=O)Oc1cccc2occ(CCN(C)C)c12. The van der Waals surface area contributed by atoms with Crippen molar-refractivity contribution < 1.29 is 13.9 Å². The molecule has 0 radical (unpaired) electrons. The van der Waals surface area contributed by atoms with Gasteiger partial charge in [0.2, 0.25) is 0 Å². The van der Waals surface area contributed by atoms with Gasteiger partial charge in [-0.15, -0.1) is 0 Å². The number of hydrogen-bond acceptors (Lipinski definition) is 4. The zero-order valence-corrected chi connectivity index (χ0v) is 10.9. The van der Waals surface area contributed by atoms with E-state index in [9.17, 15) is 4.79 Å². The summed E-state index contributed by atoms with van der Waals surface area (Å²) >= 11 is 0. The number of carbonyl (C=O) groups is 1. The molecular weight excluding hydrogens is 230 g/mol. The average Bonchev–Trinajstić information content (AvgIpc) is 2.70. The number of benzene rings is 1. The fraction of sp³-hybridized carbons (Fsp3) is 0.357. The molecule has 0 fully saturated rings. The van der Waals surface area contributed by atoms with Gasteiger partial charge in [-0.2, -0.15) is 0 Å². The van der Waals surface area contributed by atoms with E-state index >= 15 is 0 Å². The summed E-state index contributed by atoms with van der Waals surface area (Å²) in [5.74, 6) is 0.254. The van der Waals surface area contributed by atoms with Gasteiger partial charge in [-0.05, 0) is 32.6 Å². The fourth-order valence-electron chi connectivity index (χ4n) is 1.89. The molecule has 0 saturated carbocycles. The van der Waals surface area contributed by atoms with Crippen molar-refractivity contribution in [2.75, 3.05) is 20.6 Å². The van der Waals surface area contributed by atoms with Crippen LogP contribution >= 0.6 is 0 Å². The molecule has 2 rings (SSSR count). The van der Waals surface area contributed by atoms with Crippen LogP contribution in [0.5, 0.6) is 5.75 Å². The van der Waals surface area contributed by atoms with E-state index in [4.69, 9.17) is 9.15 Å². The number of hydrogen-bond donors (Lipinski definition) is 0. The lowest BCUT2D eigenvalue weighted by Crippen LogP contribution is -2.15. The Morgan fingerprint density at radius 1 is 1.39 bits per heavy atom. The molecule has 0 aliphatic heterocycles. The summed E-state index contributed by atoms with van der Waals surface area (Å²) in [6, 6.07) is 5.49. The molecule has 18 heavy (non-hydrogen) atoms. The monoisotopic (exact) mass is 247 g/mol. The van der Waals surface area contributed by atoms with Crippen LogP contribution in [0.25, 0.3) is 11.0 Å². The standard InChI is InChI=1S/C14H17NO3/c1-10(16)18-13-6-4-5-12-14(13)11(9-17-12)7-8-15(2)3/h4-6,9H,7-8H2,1-3H3. The predicted molar refractivity (Wildman–Crippen MR) is 69.8 cm³/mol. The summed E-state index contributed by atoms with van der Waals surface area (Å²) < 4.78 is 10.7. The van der Waals surface area contributed by atoms with Gasteiger partial charge < -0.3 is 14.1 Å². The molecule has 0 N–H and O–H groups in total. The molecule has 0 atom stereocenters. The zero-order valence-electron chi connectivity index (χ0n) is 10.9. The van der Waals surface area contributed by atoms with E-state index < -0.39 is 0 Å². The first kappa shape index (κ1) is 12.6. The maximum Gasteiger partial charge on any atom is 0.308 e. The lowest BCUT2D eigenvalue weighted by atomic mass is 10.1. The van der Waals surface area contributed by atoms with Gasteiger partial charge in [-0.3, -0.25) is 4.79 Å². The molecule has 0 bridgehead atoms. The highest BCUT2D eigenvalue weighted by atomic mass is 16.5. The second kappa shape index (κ2) is 5.23. The maximum absolute atomic E-state index is 11.1. The van der Waals surface area contributed by atoms with E-state index in [1.165, 1.54) is 6.92 Å². The number of furan rings is 1. The Labute approximate surface area is 106 Å². The van der Waals surface area contributed by atoms with E-state index in [1.54, 1.807) is 12.3 Å². The summed E-state index contributed by atoms with van der Waals surface area (Å²) in [6.45, 7) is 2.32. The minimum atomic E-state index is -0.317. The lowest BCUT2D eigenvalue weighted by Gasteiger charge is -2.09. The second-order valence-electron chi connectivity index (χ2n) is 4.54.